The van der Waals surface area contributed by atoms with Crippen LogP contribution in [0.2, 0.25) is 0 Å². The largest absolute Gasteiger partial charge is 0 e. The zero-order valence-electron chi connectivity index (χ0n) is 5.50. The van der Waals surface area contributed by atoms with Crippen LogP contribution in [0.3, 0.4) is 0 Å². The molecule has 0 aliphatic rings. The molecule has 0 atom stereocenters. The van der Waals surface area contributed by atoms with E-state index in [9.17, 15) is 0 Å². The van der Waals surface area contributed by atoms with E-state index >= 15 is 0 Å². The Morgan fingerprint density at radius 1 is 0.0909 bits per heavy atom. The van der Waals surface area contributed by atoms with Crippen LogP contribution in [0, 0.1) is 342 Å². The summed E-state index contributed by atoms with van der Waals surface area (Å²) in [4.78, 5) is 0. The van der Waals surface area contributed by atoms with Gasteiger partial charge in [0.1, 0.15) is 0 Å². The molecule has 44 valence electrons. The molecule has 0 saturated heterocycles. The molecular formula is U11. The first-order chi connectivity index (χ1) is 0. The van der Waals surface area contributed by atoms with Crippen LogP contribution in [0.4, 0.5) is 0 Å². The van der Waals surface area contributed by atoms with Gasteiger partial charge in [-0.05, 0) is 0 Å². The monoisotopic (exact) mass is 2620 g/mol. The first-order valence-corrected chi connectivity index (χ1v) is 0. The molecule has 0 spiro atoms. The topological polar surface area (TPSA) is 0 Å². The first-order valence-electron chi connectivity index (χ1n) is 0. The molecule has 0 aromatic carbocycles. The fourth-order valence-corrected chi connectivity index (χ4v) is 0. The second-order valence-corrected chi connectivity index (χ2v) is 0. The van der Waals surface area contributed by atoms with E-state index in [1.807, 2.05) is 0 Å². The van der Waals surface area contributed by atoms with Gasteiger partial charge in [-0.15, -0.1) is 0 Å². The van der Waals surface area contributed by atoms with Gasteiger partial charge in [0.15, 0.2) is 0 Å². The summed E-state index contributed by atoms with van der Waals surface area (Å²) in [6.45, 7) is 0. The average molecular weight is 2620 g/mol. The Bertz CT molecular complexity index is 0. The summed E-state index contributed by atoms with van der Waals surface area (Å²) in [6.07, 6.45) is 0. The van der Waals surface area contributed by atoms with E-state index in [0.717, 1.165) is 0 Å². The van der Waals surface area contributed by atoms with Gasteiger partial charge in [-0.3, -0.25) is 0 Å². The van der Waals surface area contributed by atoms with Crippen molar-refractivity contribution in [2.75, 3.05) is 0 Å². The van der Waals surface area contributed by atoms with E-state index in [4.69, 9.17) is 0 Å². The Labute approximate surface area is 330 Å². The predicted molar refractivity (Wildman–Crippen MR) is 0 cm³/mol. The third-order valence-corrected chi connectivity index (χ3v) is 0. The molecule has 11 heavy (non-hydrogen) atoms. The quantitative estimate of drug-likeness (QED) is 0.321. The van der Waals surface area contributed by atoms with Gasteiger partial charge in [-0.1, -0.05) is 0 Å². The van der Waals surface area contributed by atoms with Crippen LogP contribution in [-0.2, 0) is 0 Å². The SMILES string of the molecule is [U].[U].[U].[U].[U].[U].[U].[U].[U].[U].[U]. The van der Waals surface area contributed by atoms with Crippen molar-refractivity contribution in [2.24, 2.45) is 0 Å². The summed E-state index contributed by atoms with van der Waals surface area (Å²) in [5.74, 6) is 0. The molecule has 0 amide bonds. The number of hydrogen-bond donors (Lipinski definition) is 0. The Kier molecular flexibility index (Phi) is 486. The van der Waals surface area contributed by atoms with Crippen molar-refractivity contribution in [1.29, 1.82) is 0 Å². The molecule has 0 rings (SSSR count). The average Bonchev–Trinajstić information content (AvgIpc) is 0. The van der Waals surface area contributed by atoms with Gasteiger partial charge in [-0.25, -0.2) is 0 Å². The Morgan fingerprint density at radius 3 is 0.0909 bits per heavy atom. The molecule has 0 aromatic rings. The predicted octanol–water partition coefficient (Wildman–Crippen LogP) is 0. The van der Waals surface area contributed by atoms with Gasteiger partial charge < -0.3 is 0 Å². The standard InChI is InChI=1S/11U. The van der Waals surface area contributed by atoms with E-state index in [-0.39, 0.29) is 342 Å². The van der Waals surface area contributed by atoms with Crippen LogP contribution in [0.1, 0.15) is 0 Å². The molecule has 0 radical (unpaired) electrons. The molecule has 0 unspecified atom stereocenters. The van der Waals surface area contributed by atoms with Crippen molar-refractivity contribution in [3.63, 3.8) is 0 Å². The maximum atomic E-state index is 0. The second kappa shape index (κ2) is 68.2. The molecule has 0 heterocycles. The van der Waals surface area contributed by atoms with Crippen LogP contribution in [0.5, 0.6) is 0 Å². The van der Waals surface area contributed by atoms with Crippen molar-refractivity contribution in [3.8, 4) is 0 Å². The van der Waals surface area contributed by atoms with E-state index in [1.165, 1.54) is 0 Å². The zero-order chi connectivity index (χ0) is 0. The maximum Gasteiger partial charge on any atom is 0 e. The Balaban J connectivity index is 0. The van der Waals surface area contributed by atoms with E-state index in [1.54, 1.807) is 0 Å². The van der Waals surface area contributed by atoms with Crippen LogP contribution in [-0.4, -0.2) is 0 Å². The number of rotatable bonds is 0. The molecule has 0 fully saturated rings. The van der Waals surface area contributed by atoms with Gasteiger partial charge in [0.2, 0.25) is 0 Å². The summed E-state index contributed by atoms with van der Waals surface area (Å²) in [7, 11) is 0. The summed E-state index contributed by atoms with van der Waals surface area (Å²) < 4.78 is 0. The molecule has 0 aromatic heterocycles. The Morgan fingerprint density at radius 2 is 0.0909 bits per heavy atom. The molecule has 11 heteroatoms. The summed E-state index contributed by atoms with van der Waals surface area (Å²) >= 11 is 0. The molecule has 0 N–H and O–H groups in total. The molecule has 0 aliphatic heterocycles. The Hall–Kier alpha value is 11.6. The molecule has 0 nitrogen and oxygen atoms in total. The number of hydrogen-bond acceptors (Lipinski definition) is 0. The van der Waals surface area contributed by atoms with Gasteiger partial charge in [0, 0.05) is 342 Å². The fourth-order valence-electron chi connectivity index (χ4n) is 0. The molecular weight excluding hydrogens is 2620 g/mol. The molecule has 0 aliphatic carbocycles. The van der Waals surface area contributed by atoms with Crippen molar-refractivity contribution in [2.45, 2.75) is 0 Å². The van der Waals surface area contributed by atoms with Crippen LogP contribution in [0.25, 0.3) is 0 Å². The van der Waals surface area contributed by atoms with E-state index in [2.05, 4.69) is 0 Å². The van der Waals surface area contributed by atoms with Crippen LogP contribution in [0.15, 0.2) is 0 Å². The second-order valence-electron chi connectivity index (χ2n) is 0. The molecule has 0 bridgehead atoms. The third kappa shape index (κ3) is 61.7. The van der Waals surface area contributed by atoms with Crippen molar-refractivity contribution in [1.82, 2.24) is 0 Å². The minimum absolute atomic E-state index is 0. The first kappa shape index (κ1) is 78.4. The van der Waals surface area contributed by atoms with Crippen molar-refractivity contribution in [3.05, 3.63) is 0 Å². The smallest absolute Gasteiger partial charge is 0 e. The third-order valence-electron chi connectivity index (χ3n) is 0. The van der Waals surface area contributed by atoms with Crippen LogP contribution >= 0.6 is 0 Å². The zero-order valence-corrected chi connectivity index (χ0v) is 51.3. The normalized spacial score (nSPS) is 0. The van der Waals surface area contributed by atoms with E-state index < -0.39 is 0 Å². The van der Waals surface area contributed by atoms with Crippen molar-refractivity contribution >= 4 is 0 Å². The van der Waals surface area contributed by atoms with Gasteiger partial charge in [0.25, 0.3) is 0 Å². The molecule has 0 saturated carbocycles. The van der Waals surface area contributed by atoms with Gasteiger partial charge >= 0.3 is 0 Å². The maximum absolute atomic E-state index is 0. The summed E-state index contributed by atoms with van der Waals surface area (Å²) in [5, 5.41) is 0. The van der Waals surface area contributed by atoms with Gasteiger partial charge in [0.05, 0.1) is 0 Å². The van der Waals surface area contributed by atoms with E-state index in [0.29, 0.717) is 0 Å². The van der Waals surface area contributed by atoms with Crippen LogP contribution < -0.4 is 0 Å². The summed E-state index contributed by atoms with van der Waals surface area (Å²) in [5.41, 5.74) is 0. The fraction of sp³-hybridized carbons (Fsp3) is 0. The minimum Gasteiger partial charge on any atom is 0 e. The summed E-state index contributed by atoms with van der Waals surface area (Å²) in [6, 6.07) is 0. The minimum atomic E-state index is 0. The van der Waals surface area contributed by atoms with Gasteiger partial charge in [-0.2, -0.15) is 0 Å². The van der Waals surface area contributed by atoms with Crippen molar-refractivity contribution < 1.29 is 342 Å².